The van der Waals surface area contributed by atoms with Crippen molar-refractivity contribution < 1.29 is 9.32 Å². The third-order valence-electron chi connectivity index (χ3n) is 5.01. The van der Waals surface area contributed by atoms with E-state index in [1.807, 2.05) is 0 Å². The number of likely N-dealkylation sites (tertiary alicyclic amines) is 1. The molecule has 2 aromatic heterocycles. The molecule has 0 atom stereocenters. The second-order valence-corrected chi connectivity index (χ2v) is 6.60. The maximum Gasteiger partial charge on any atom is 0.292 e. The number of hydrogen-bond donors (Lipinski definition) is 0. The Morgan fingerprint density at radius 3 is 2.88 bits per heavy atom. The van der Waals surface area contributed by atoms with E-state index in [-0.39, 0.29) is 17.2 Å². The average molecular weight is 328 g/mol. The molecule has 1 fully saturated rings. The smallest absolute Gasteiger partial charge is 0.292 e. The molecule has 0 spiro atoms. The van der Waals surface area contributed by atoms with Crippen LogP contribution < -0.4 is 5.56 Å². The number of carbonyl (C=O) groups is 1. The van der Waals surface area contributed by atoms with E-state index in [9.17, 15) is 9.59 Å². The SMILES string of the molecule is O=C(c1ccno1)N1CCC(Cn2nc3c(cc2=O)CCC3)CC1. The number of aromatic nitrogens is 3. The summed E-state index contributed by atoms with van der Waals surface area (Å²) < 4.78 is 6.55. The first-order chi connectivity index (χ1) is 11.7. The molecule has 7 nitrogen and oxygen atoms in total. The van der Waals surface area contributed by atoms with E-state index in [2.05, 4.69) is 10.3 Å². The zero-order valence-electron chi connectivity index (χ0n) is 13.5. The van der Waals surface area contributed by atoms with Crippen LogP contribution in [0.4, 0.5) is 0 Å². The van der Waals surface area contributed by atoms with Crippen LogP contribution in [0.5, 0.6) is 0 Å². The van der Waals surface area contributed by atoms with Gasteiger partial charge in [-0.15, -0.1) is 0 Å². The maximum absolute atomic E-state index is 12.2. The summed E-state index contributed by atoms with van der Waals surface area (Å²) in [4.78, 5) is 26.2. The van der Waals surface area contributed by atoms with Crippen LogP contribution in [0, 0.1) is 5.92 Å². The first kappa shape index (κ1) is 15.1. The monoisotopic (exact) mass is 328 g/mol. The molecule has 0 aromatic carbocycles. The van der Waals surface area contributed by atoms with Crippen LogP contribution in [0.15, 0.2) is 27.6 Å². The Labute approximate surface area is 139 Å². The van der Waals surface area contributed by atoms with Gasteiger partial charge in [-0.3, -0.25) is 9.59 Å². The molecule has 0 unspecified atom stereocenters. The molecule has 4 rings (SSSR count). The number of amides is 1. The van der Waals surface area contributed by atoms with Crippen molar-refractivity contribution in [1.29, 1.82) is 0 Å². The Morgan fingerprint density at radius 2 is 2.12 bits per heavy atom. The second-order valence-electron chi connectivity index (χ2n) is 6.60. The van der Waals surface area contributed by atoms with Crippen molar-refractivity contribution in [2.75, 3.05) is 13.1 Å². The lowest BCUT2D eigenvalue weighted by Gasteiger charge is -2.31. The van der Waals surface area contributed by atoms with Crippen LogP contribution in [-0.4, -0.2) is 38.8 Å². The fraction of sp³-hybridized carbons (Fsp3) is 0.529. The Morgan fingerprint density at radius 1 is 1.29 bits per heavy atom. The molecule has 7 heteroatoms. The lowest BCUT2D eigenvalue weighted by Crippen LogP contribution is -2.40. The standard InChI is InChI=1S/C17H20N4O3/c22-16-10-13-2-1-3-14(13)19-21(16)11-12-5-8-20(9-6-12)17(23)15-4-7-18-24-15/h4,7,10,12H,1-3,5-6,8-9,11H2. The van der Waals surface area contributed by atoms with E-state index in [0.29, 0.717) is 25.6 Å². The van der Waals surface area contributed by atoms with Crippen molar-refractivity contribution in [3.8, 4) is 0 Å². The van der Waals surface area contributed by atoms with E-state index in [1.54, 1.807) is 21.7 Å². The molecule has 1 aliphatic heterocycles. The Kier molecular flexibility index (Phi) is 3.92. The van der Waals surface area contributed by atoms with Gasteiger partial charge in [0.25, 0.3) is 11.5 Å². The molecule has 126 valence electrons. The highest BCUT2D eigenvalue weighted by molar-refractivity contribution is 5.91. The maximum atomic E-state index is 12.2. The van der Waals surface area contributed by atoms with Gasteiger partial charge in [0.1, 0.15) is 0 Å². The lowest BCUT2D eigenvalue weighted by atomic mass is 9.96. The van der Waals surface area contributed by atoms with Crippen molar-refractivity contribution in [1.82, 2.24) is 19.8 Å². The number of aryl methyl sites for hydroxylation is 2. The summed E-state index contributed by atoms with van der Waals surface area (Å²) in [7, 11) is 0. The van der Waals surface area contributed by atoms with Gasteiger partial charge in [-0.25, -0.2) is 4.68 Å². The van der Waals surface area contributed by atoms with Crippen LogP contribution in [0.1, 0.15) is 41.1 Å². The van der Waals surface area contributed by atoms with Crippen LogP contribution in [0.3, 0.4) is 0 Å². The van der Waals surface area contributed by atoms with Crippen molar-refractivity contribution in [3.05, 3.63) is 45.7 Å². The van der Waals surface area contributed by atoms with Gasteiger partial charge in [0, 0.05) is 31.8 Å². The summed E-state index contributed by atoms with van der Waals surface area (Å²) in [5.74, 6) is 0.539. The fourth-order valence-electron chi connectivity index (χ4n) is 3.62. The van der Waals surface area contributed by atoms with E-state index in [1.165, 1.54) is 6.20 Å². The molecule has 1 aliphatic carbocycles. The number of carbonyl (C=O) groups excluding carboxylic acids is 1. The van der Waals surface area contributed by atoms with Crippen LogP contribution in [0.25, 0.3) is 0 Å². The topological polar surface area (TPSA) is 81.2 Å². The Hall–Kier alpha value is -2.44. The lowest BCUT2D eigenvalue weighted by molar-refractivity contribution is 0.0639. The first-order valence-corrected chi connectivity index (χ1v) is 8.50. The summed E-state index contributed by atoms with van der Waals surface area (Å²) >= 11 is 0. The normalized spacial score (nSPS) is 17.9. The quantitative estimate of drug-likeness (QED) is 0.847. The number of fused-ring (bicyclic) bond motifs is 1. The molecule has 0 saturated carbocycles. The Bertz CT molecular complexity index is 789. The first-order valence-electron chi connectivity index (χ1n) is 8.50. The van der Waals surface area contributed by atoms with Gasteiger partial charge in [0.15, 0.2) is 0 Å². The molecular formula is C17H20N4O3. The third-order valence-corrected chi connectivity index (χ3v) is 5.01. The van der Waals surface area contributed by atoms with E-state index in [0.717, 1.165) is 43.4 Å². The average Bonchev–Trinajstić information content (AvgIpc) is 3.26. The summed E-state index contributed by atoms with van der Waals surface area (Å²) in [6.45, 7) is 1.98. The number of nitrogens with zero attached hydrogens (tertiary/aromatic N) is 4. The molecular weight excluding hydrogens is 308 g/mol. The summed E-state index contributed by atoms with van der Waals surface area (Å²) in [6, 6.07) is 3.33. The molecule has 2 aromatic rings. The number of piperidine rings is 1. The van der Waals surface area contributed by atoms with Crippen molar-refractivity contribution >= 4 is 5.91 Å². The minimum atomic E-state index is -0.112. The molecule has 0 N–H and O–H groups in total. The van der Waals surface area contributed by atoms with Gasteiger partial charge >= 0.3 is 0 Å². The van der Waals surface area contributed by atoms with Gasteiger partial charge in [0.2, 0.25) is 5.76 Å². The van der Waals surface area contributed by atoms with E-state index in [4.69, 9.17) is 4.52 Å². The van der Waals surface area contributed by atoms with Crippen LogP contribution in [0.2, 0.25) is 0 Å². The summed E-state index contributed by atoms with van der Waals surface area (Å²) in [5.41, 5.74) is 2.19. The zero-order chi connectivity index (χ0) is 16.5. The molecule has 0 bridgehead atoms. The van der Waals surface area contributed by atoms with Gasteiger partial charge in [-0.2, -0.15) is 5.10 Å². The highest BCUT2D eigenvalue weighted by Gasteiger charge is 2.26. The second kappa shape index (κ2) is 6.22. The molecule has 3 heterocycles. The highest BCUT2D eigenvalue weighted by Crippen LogP contribution is 2.21. The minimum absolute atomic E-state index is 0.00387. The predicted molar refractivity (Wildman–Crippen MR) is 85.7 cm³/mol. The molecule has 1 amide bonds. The predicted octanol–water partition coefficient (Wildman–Crippen LogP) is 1.27. The van der Waals surface area contributed by atoms with E-state index < -0.39 is 0 Å². The van der Waals surface area contributed by atoms with Crippen molar-refractivity contribution in [2.24, 2.45) is 5.92 Å². The molecule has 0 radical (unpaired) electrons. The number of rotatable bonds is 3. The molecule has 24 heavy (non-hydrogen) atoms. The largest absolute Gasteiger partial charge is 0.351 e. The Balaban J connectivity index is 1.38. The van der Waals surface area contributed by atoms with Crippen LogP contribution in [-0.2, 0) is 19.4 Å². The van der Waals surface area contributed by atoms with Gasteiger partial charge < -0.3 is 9.42 Å². The van der Waals surface area contributed by atoms with E-state index >= 15 is 0 Å². The fourth-order valence-corrected chi connectivity index (χ4v) is 3.62. The summed E-state index contributed by atoms with van der Waals surface area (Å²) in [5, 5.41) is 8.12. The zero-order valence-corrected chi connectivity index (χ0v) is 13.5. The molecule has 1 saturated heterocycles. The van der Waals surface area contributed by atoms with Crippen molar-refractivity contribution in [2.45, 2.75) is 38.6 Å². The highest BCUT2D eigenvalue weighted by atomic mass is 16.5. The van der Waals surface area contributed by atoms with Gasteiger partial charge in [-0.1, -0.05) is 5.16 Å². The minimum Gasteiger partial charge on any atom is -0.351 e. The molecule has 2 aliphatic rings. The van der Waals surface area contributed by atoms with Crippen LogP contribution >= 0.6 is 0 Å². The summed E-state index contributed by atoms with van der Waals surface area (Å²) in [6.07, 6.45) is 6.25. The third kappa shape index (κ3) is 2.86. The number of hydrogen-bond acceptors (Lipinski definition) is 5. The van der Waals surface area contributed by atoms with Gasteiger partial charge in [-0.05, 0) is 43.6 Å². The van der Waals surface area contributed by atoms with Crippen molar-refractivity contribution in [3.63, 3.8) is 0 Å². The van der Waals surface area contributed by atoms with Gasteiger partial charge in [0.05, 0.1) is 11.9 Å².